The Bertz CT molecular complexity index is 382. The Labute approximate surface area is 115 Å². The molecule has 0 saturated heterocycles. The average molecular weight is 262 g/mol. The molecule has 1 N–H and O–H groups in total. The Kier molecular flexibility index (Phi) is 10.1. The van der Waals surface area contributed by atoms with Crippen molar-refractivity contribution in [1.29, 1.82) is 0 Å². The number of esters is 1. The van der Waals surface area contributed by atoms with E-state index in [1.54, 1.807) is 0 Å². The van der Waals surface area contributed by atoms with E-state index in [2.05, 4.69) is 17.9 Å². The number of hydrogen-bond donors (Lipinski definition) is 1. The van der Waals surface area contributed by atoms with E-state index < -0.39 is 0 Å². The molecule has 0 saturated carbocycles. The Balaban J connectivity index is 0.000000399. The zero-order chi connectivity index (χ0) is 14.5. The van der Waals surface area contributed by atoms with Gasteiger partial charge in [-0.2, -0.15) is 0 Å². The summed E-state index contributed by atoms with van der Waals surface area (Å²) in [6.07, 6.45) is 4.88. The molecular formula is C16H22O3. The summed E-state index contributed by atoms with van der Waals surface area (Å²) in [6.45, 7) is 7.49. The largest absolute Gasteiger partial charge is 0.465 e. The summed E-state index contributed by atoms with van der Waals surface area (Å²) in [5, 5.41) is 8.26. The number of aliphatic hydroxyl groups is 1. The van der Waals surface area contributed by atoms with Gasteiger partial charge in [-0.3, -0.25) is 0 Å². The third kappa shape index (κ3) is 7.95. The predicted octanol–water partition coefficient (Wildman–Crippen LogP) is 3.21. The molecule has 0 aliphatic carbocycles. The third-order valence-electron chi connectivity index (χ3n) is 2.37. The fourth-order valence-electron chi connectivity index (χ4n) is 1.28. The maximum Gasteiger partial charge on any atom is 0.337 e. The summed E-state index contributed by atoms with van der Waals surface area (Å²) in [5.41, 5.74) is 1.18. The molecule has 0 amide bonds. The summed E-state index contributed by atoms with van der Waals surface area (Å²) >= 11 is 0. The van der Waals surface area contributed by atoms with Crippen LogP contribution in [0.15, 0.2) is 49.6 Å². The molecule has 1 rings (SSSR count). The van der Waals surface area contributed by atoms with Gasteiger partial charge in [0.1, 0.15) is 0 Å². The van der Waals surface area contributed by atoms with Crippen molar-refractivity contribution in [2.24, 2.45) is 0 Å². The standard InChI is InChI=1S/C10H10O2.C6H12O/c1-8(10(11)12-2)9-6-4-3-5-7-9;1-2-3-4-5-6-7/h3-7H,1H2,2H3;2,7H,1,3-6H2. The molecule has 1 aromatic rings. The highest BCUT2D eigenvalue weighted by atomic mass is 16.5. The van der Waals surface area contributed by atoms with Crippen molar-refractivity contribution in [3.63, 3.8) is 0 Å². The number of carbonyl (C=O) groups excluding carboxylic acids is 1. The SMILES string of the molecule is C=C(C(=O)OC)c1ccccc1.C=CCCCCO. The summed E-state index contributed by atoms with van der Waals surface area (Å²) < 4.78 is 4.53. The van der Waals surface area contributed by atoms with Crippen LogP contribution in [0.1, 0.15) is 24.8 Å². The lowest BCUT2D eigenvalue weighted by Crippen LogP contribution is -2.01. The van der Waals surface area contributed by atoms with E-state index in [1.807, 2.05) is 36.4 Å². The van der Waals surface area contributed by atoms with Gasteiger partial charge in [0, 0.05) is 6.61 Å². The second-order valence-electron chi connectivity index (χ2n) is 3.84. The van der Waals surface area contributed by atoms with Crippen LogP contribution in [0.5, 0.6) is 0 Å². The maximum atomic E-state index is 11.0. The zero-order valence-electron chi connectivity index (χ0n) is 11.5. The van der Waals surface area contributed by atoms with Crippen molar-refractivity contribution in [1.82, 2.24) is 0 Å². The summed E-state index contributed by atoms with van der Waals surface area (Å²) in [7, 11) is 1.34. The molecule has 3 nitrogen and oxygen atoms in total. The molecule has 1 aromatic carbocycles. The summed E-state index contributed by atoms with van der Waals surface area (Å²) in [5.74, 6) is -0.388. The van der Waals surface area contributed by atoms with Crippen molar-refractivity contribution in [2.75, 3.05) is 13.7 Å². The van der Waals surface area contributed by atoms with Gasteiger partial charge in [-0.1, -0.05) is 43.0 Å². The van der Waals surface area contributed by atoms with E-state index in [0.29, 0.717) is 12.2 Å². The number of ether oxygens (including phenoxy) is 1. The van der Waals surface area contributed by atoms with Crippen LogP contribution in [0.4, 0.5) is 0 Å². The van der Waals surface area contributed by atoms with E-state index >= 15 is 0 Å². The van der Waals surface area contributed by atoms with Crippen molar-refractivity contribution in [3.8, 4) is 0 Å². The van der Waals surface area contributed by atoms with Crippen LogP contribution in [0.25, 0.3) is 5.57 Å². The van der Waals surface area contributed by atoms with Gasteiger partial charge in [0.25, 0.3) is 0 Å². The minimum absolute atomic E-state index is 0.313. The molecule has 3 heteroatoms. The van der Waals surface area contributed by atoms with Crippen LogP contribution in [0.2, 0.25) is 0 Å². The molecule has 0 aliphatic heterocycles. The molecule has 19 heavy (non-hydrogen) atoms. The first-order valence-electron chi connectivity index (χ1n) is 6.21. The number of benzene rings is 1. The highest BCUT2D eigenvalue weighted by molar-refractivity contribution is 6.15. The normalized spacial score (nSPS) is 8.95. The van der Waals surface area contributed by atoms with E-state index in [1.165, 1.54) is 7.11 Å². The molecule has 0 atom stereocenters. The Morgan fingerprint density at radius 1 is 1.32 bits per heavy atom. The maximum absolute atomic E-state index is 11.0. The number of rotatable bonds is 6. The summed E-state index contributed by atoms with van der Waals surface area (Å²) in [4.78, 5) is 11.0. The molecule has 0 spiro atoms. The van der Waals surface area contributed by atoms with Gasteiger partial charge in [-0.25, -0.2) is 4.79 Å². The highest BCUT2D eigenvalue weighted by Gasteiger charge is 2.07. The van der Waals surface area contributed by atoms with Gasteiger partial charge in [0.15, 0.2) is 0 Å². The van der Waals surface area contributed by atoms with Crippen LogP contribution in [-0.4, -0.2) is 24.8 Å². The number of methoxy groups -OCH3 is 1. The van der Waals surface area contributed by atoms with E-state index in [0.717, 1.165) is 24.8 Å². The first kappa shape index (κ1) is 17.1. The number of aliphatic hydroxyl groups excluding tert-OH is 1. The molecule has 0 aliphatic rings. The van der Waals surface area contributed by atoms with E-state index in [9.17, 15) is 4.79 Å². The molecule has 0 heterocycles. The van der Waals surface area contributed by atoms with Gasteiger partial charge >= 0.3 is 5.97 Å². The van der Waals surface area contributed by atoms with Gasteiger partial charge in [-0.15, -0.1) is 6.58 Å². The van der Waals surface area contributed by atoms with Crippen LogP contribution < -0.4 is 0 Å². The minimum atomic E-state index is -0.388. The number of allylic oxidation sites excluding steroid dienone is 1. The van der Waals surface area contributed by atoms with Crippen molar-refractivity contribution >= 4 is 11.5 Å². The zero-order valence-corrected chi connectivity index (χ0v) is 11.5. The van der Waals surface area contributed by atoms with Crippen molar-refractivity contribution < 1.29 is 14.6 Å². The minimum Gasteiger partial charge on any atom is -0.465 e. The molecule has 0 fully saturated rings. The van der Waals surface area contributed by atoms with Crippen molar-refractivity contribution in [3.05, 3.63) is 55.1 Å². The first-order valence-corrected chi connectivity index (χ1v) is 6.21. The predicted molar refractivity (Wildman–Crippen MR) is 78.6 cm³/mol. The number of hydrogen-bond acceptors (Lipinski definition) is 3. The molecule has 0 unspecified atom stereocenters. The second kappa shape index (κ2) is 11.2. The van der Waals surface area contributed by atoms with Crippen LogP contribution in [0, 0.1) is 0 Å². The smallest absolute Gasteiger partial charge is 0.337 e. The molecule has 0 radical (unpaired) electrons. The molecular weight excluding hydrogens is 240 g/mol. The second-order valence-corrected chi connectivity index (χ2v) is 3.84. The average Bonchev–Trinajstić information content (AvgIpc) is 2.48. The molecule has 0 aromatic heterocycles. The number of carbonyl (C=O) groups is 1. The molecule has 104 valence electrons. The fraction of sp³-hybridized carbons (Fsp3) is 0.312. The van der Waals surface area contributed by atoms with Gasteiger partial charge in [-0.05, 0) is 24.8 Å². The Hall–Kier alpha value is -1.87. The number of unbranched alkanes of at least 4 members (excludes halogenated alkanes) is 2. The first-order chi connectivity index (χ1) is 9.17. The van der Waals surface area contributed by atoms with Crippen LogP contribution in [-0.2, 0) is 9.53 Å². The fourth-order valence-corrected chi connectivity index (χ4v) is 1.28. The third-order valence-corrected chi connectivity index (χ3v) is 2.37. The monoisotopic (exact) mass is 262 g/mol. The van der Waals surface area contributed by atoms with Gasteiger partial charge < -0.3 is 9.84 Å². The van der Waals surface area contributed by atoms with E-state index in [4.69, 9.17) is 5.11 Å². The topological polar surface area (TPSA) is 46.5 Å². The van der Waals surface area contributed by atoms with Crippen LogP contribution in [0.3, 0.4) is 0 Å². The molecule has 0 bridgehead atoms. The van der Waals surface area contributed by atoms with Gasteiger partial charge in [0.2, 0.25) is 0 Å². The van der Waals surface area contributed by atoms with Crippen LogP contribution >= 0.6 is 0 Å². The lowest BCUT2D eigenvalue weighted by Gasteiger charge is -2.01. The Morgan fingerprint density at radius 3 is 2.42 bits per heavy atom. The lowest BCUT2D eigenvalue weighted by atomic mass is 10.1. The van der Waals surface area contributed by atoms with Gasteiger partial charge in [0.05, 0.1) is 12.7 Å². The highest BCUT2D eigenvalue weighted by Crippen LogP contribution is 2.12. The summed E-state index contributed by atoms with van der Waals surface area (Å²) in [6, 6.07) is 9.22. The van der Waals surface area contributed by atoms with Crippen molar-refractivity contribution in [2.45, 2.75) is 19.3 Å². The Morgan fingerprint density at radius 2 is 1.95 bits per heavy atom. The van der Waals surface area contributed by atoms with E-state index in [-0.39, 0.29) is 5.97 Å². The quantitative estimate of drug-likeness (QED) is 0.370. The lowest BCUT2D eigenvalue weighted by molar-refractivity contribution is -0.133.